The zero-order valence-electron chi connectivity index (χ0n) is 12.5. The lowest BCUT2D eigenvalue weighted by molar-refractivity contribution is -0.138. The Morgan fingerprint density at radius 2 is 2.05 bits per heavy atom. The standard InChI is InChI=1S/C17H19NO4/c1-10-14(13-4-2-3-5-15(13)22-10)9-16(19)18-12-6-11(7-12)8-17(20)21/h2-5,11-12H,6-9H2,1H3,(H,18,19)(H,20,21). The van der Waals surface area contributed by atoms with E-state index in [0.717, 1.165) is 35.1 Å². The van der Waals surface area contributed by atoms with Crippen LogP contribution in [0.5, 0.6) is 0 Å². The average Bonchev–Trinajstić information content (AvgIpc) is 2.72. The molecule has 1 amide bonds. The van der Waals surface area contributed by atoms with Crippen LogP contribution in [0.3, 0.4) is 0 Å². The molecule has 5 nitrogen and oxygen atoms in total. The number of carboxylic acid groups (broad SMARTS) is 1. The third-order valence-corrected chi connectivity index (χ3v) is 4.30. The van der Waals surface area contributed by atoms with E-state index in [1.165, 1.54) is 0 Å². The van der Waals surface area contributed by atoms with Gasteiger partial charge in [-0.1, -0.05) is 18.2 Å². The highest BCUT2D eigenvalue weighted by atomic mass is 16.4. The Hall–Kier alpha value is -2.30. The Morgan fingerprint density at radius 3 is 2.77 bits per heavy atom. The molecule has 0 spiro atoms. The maximum atomic E-state index is 12.2. The van der Waals surface area contributed by atoms with Crippen LogP contribution < -0.4 is 5.32 Å². The molecule has 2 aromatic rings. The van der Waals surface area contributed by atoms with Gasteiger partial charge in [-0.25, -0.2) is 0 Å². The van der Waals surface area contributed by atoms with Crippen LogP contribution in [-0.2, 0) is 16.0 Å². The molecule has 2 N–H and O–H groups in total. The first-order valence-corrected chi connectivity index (χ1v) is 7.51. The van der Waals surface area contributed by atoms with Crippen molar-refractivity contribution in [2.24, 2.45) is 5.92 Å². The van der Waals surface area contributed by atoms with Crippen LogP contribution in [0.2, 0.25) is 0 Å². The zero-order chi connectivity index (χ0) is 15.7. The van der Waals surface area contributed by atoms with Gasteiger partial charge in [-0.3, -0.25) is 9.59 Å². The Bertz CT molecular complexity index is 713. The van der Waals surface area contributed by atoms with E-state index in [4.69, 9.17) is 9.52 Å². The van der Waals surface area contributed by atoms with Crippen LogP contribution in [0.1, 0.15) is 30.6 Å². The van der Waals surface area contributed by atoms with E-state index in [1.807, 2.05) is 31.2 Å². The summed E-state index contributed by atoms with van der Waals surface area (Å²) in [5, 5.41) is 12.7. The topological polar surface area (TPSA) is 79.5 Å². The Balaban J connectivity index is 1.58. The molecule has 5 heteroatoms. The molecule has 1 fully saturated rings. The van der Waals surface area contributed by atoms with Crippen molar-refractivity contribution in [2.45, 2.75) is 38.6 Å². The minimum atomic E-state index is -0.768. The summed E-state index contributed by atoms with van der Waals surface area (Å²) in [6, 6.07) is 7.80. The van der Waals surface area contributed by atoms with Crippen molar-refractivity contribution in [1.29, 1.82) is 0 Å². The summed E-state index contributed by atoms with van der Waals surface area (Å²) in [6.07, 6.45) is 1.99. The molecule has 1 aromatic heterocycles. The molecule has 1 aliphatic rings. The third kappa shape index (κ3) is 2.98. The van der Waals surface area contributed by atoms with Gasteiger partial charge in [-0.2, -0.15) is 0 Å². The summed E-state index contributed by atoms with van der Waals surface area (Å²) in [7, 11) is 0. The SMILES string of the molecule is Cc1oc2ccccc2c1CC(=O)NC1CC(CC(=O)O)C1. The van der Waals surface area contributed by atoms with E-state index in [9.17, 15) is 9.59 Å². The number of aryl methyl sites for hydroxylation is 1. The first-order valence-electron chi connectivity index (χ1n) is 7.51. The number of hydrogen-bond donors (Lipinski definition) is 2. The van der Waals surface area contributed by atoms with Crippen LogP contribution in [0, 0.1) is 12.8 Å². The van der Waals surface area contributed by atoms with Gasteiger partial charge in [0.2, 0.25) is 5.91 Å². The van der Waals surface area contributed by atoms with Gasteiger partial charge in [0.1, 0.15) is 11.3 Å². The van der Waals surface area contributed by atoms with E-state index in [-0.39, 0.29) is 24.3 Å². The lowest BCUT2D eigenvalue weighted by atomic mass is 9.78. The molecule has 0 unspecified atom stereocenters. The Kier molecular flexibility index (Phi) is 3.88. The molecule has 0 aliphatic heterocycles. The quantitative estimate of drug-likeness (QED) is 0.889. The van der Waals surface area contributed by atoms with Gasteiger partial charge in [0.15, 0.2) is 0 Å². The summed E-state index contributed by atoms with van der Waals surface area (Å²) >= 11 is 0. The van der Waals surface area contributed by atoms with Crippen molar-refractivity contribution in [2.75, 3.05) is 0 Å². The van der Waals surface area contributed by atoms with E-state index in [2.05, 4.69) is 5.32 Å². The van der Waals surface area contributed by atoms with E-state index >= 15 is 0 Å². The highest BCUT2D eigenvalue weighted by molar-refractivity contribution is 5.88. The fraction of sp³-hybridized carbons (Fsp3) is 0.412. The number of carbonyl (C=O) groups is 2. The van der Waals surface area contributed by atoms with Crippen LogP contribution in [0.15, 0.2) is 28.7 Å². The molecule has 0 radical (unpaired) electrons. The summed E-state index contributed by atoms with van der Waals surface area (Å²) in [6.45, 7) is 1.87. The molecule has 1 heterocycles. The molecule has 1 aliphatic carbocycles. The van der Waals surface area contributed by atoms with E-state index < -0.39 is 5.97 Å². The van der Waals surface area contributed by atoms with E-state index in [0.29, 0.717) is 6.42 Å². The lowest BCUT2D eigenvalue weighted by Crippen LogP contribution is -2.45. The Morgan fingerprint density at radius 1 is 1.32 bits per heavy atom. The molecule has 22 heavy (non-hydrogen) atoms. The van der Waals surface area contributed by atoms with Gasteiger partial charge in [0.05, 0.1) is 6.42 Å². The average molecular weight is 301 g/mol. The second kappa shape index (κ2) is 5.83. The first kappa shape index (κ1) is 14.6. The highest BCUT2D eigenvalue weighted by Crippen LogP contribution is 2.30. The van der Waals surface area contributed by atoms with Crippen molar-refractivity contribution in [3.8, 4) is 0 Å². The van der Waals surface area contributed by atoms with Gasteiger partial charge in [-0.15, -0.1) is 0 Å². The number of amides is 1. The fourth-order valence-corrected chi connectivity index (χ4v) is 3.15. The molecule has 1 aromatic carbocycles. The second-order valence-corrected chi connectivity index (χ2v) is 6.01. The first-order chi connectivity index (χ1) is 10.5. The number of hydrogen-bond acceptors (Lipinski definition) is 3. The number of carboxylic acids is 1. The number of furan rings is 1. The van der Waals surface area contributed by atoms with Gasteiger partial charge < -0.3 is 14.8 Å². The molecule has 3 rings (SSSR count). The second-order valence-electron chi connectivity index (χ2n) is 6.01. The number of carbonyl (C=O) groups excluding carboxylic acids is 1. The molecule has 0 bridgehead atoms. The van der Waals surface area contributed by atoms with Crippen molar-refractivity contribution < 1.29 is 19.1 Å². The summed E-state index contributed by atoms with van der Waals surface area (Å²) in [4.78, 5) is 22.8. The van der Waals surface area contributed by atoms with Crippen LogP contribution in [-0.4, -0.2) is 23.0 Å². The van der Waals surface area contributed by atoms with Gasteiger partial charge in [0.25, 0.3) is 0 Å². The third-order valence-electron chi connectivity index (χ3n) is 4.30. The number of fused-ring (bicyclic) bond motifs is 1. The van der Waals surface area contributed by atoms with Crippen molar-refractivity contribution in [1.82, 2.24) is 5.32 Å². The van der Waals surface area contributed by atoms with Crippen LogP contribution >= 0.6 is 0 Å². The molecule has 0 saturated heterocycles. The van der Waals surface area contributed by atoms with E-state index in [1.54, 1.807) is 0 Å². The minimum absolute atomic E-state index is 0.0339. The molecule has 1 saturated carbocycles. The van der Waals surface area contributed by atoms with Crippen molar-refractivity contribution in [3.05, 3.63) is 35.6 Å². The fourth-order valence-electron chi connectivity index (χ4n) is 3.15. The zero-order valence-corrected chi connectivity index (χ0v) is 12.5. The van der Waals surface area contributed by atoms with Crippen molar-refractivity contribution in [3.63, 3.8) is 0 Å². The summed E-state index contributed by atoms with van der Waals surface area (Å²) in [5.74, 6) is 0.164. The maximum absolute atomic E-state index is 12.2. The maximum Gasteiger partial charge on any atom is 0.303 e. The molecular weight excluding hydrogens is 282 g/mol. The largest absolute Gasteiger partial charge is 0.481 e. The number of rotatable bonds is 5. The molecular formula is C17H19NO4. The predicted molar refractivity (Wildman–Crippen MR) is 81.6 cm³/mol. The highest BCUT2D eigenvalue weighted by Gasteiger charge is 2.31. The number of benzene rings is 1. The van der Waals surface area contributed by atoms with Gasteiger partial charge >= 0.3 is 5.97 Å². The lowest BCUT2D eigenvalue weighted by Gasteiger charge is -2.34. The summed E-state index contributed by atoms with van der Waals surface area (Å²) in [5.41, 5.74) is 1.72. The van der Waals surface area contributed by atoms with Crippen LogP contribution in [0.4, 0.5) is 0 Å². The molecule has 116 valence electrons. The van der Waals surface area contributed by atoms with Gasteiger partial charge in [-0.05, 0) is 31.7 Å². The molecule has 0 atom stereocenters. The summed E-state index contributed by atoms with van der Waals surface area (Å²) < 4.78 is 5.66. The normalized spacial score (nSPS) is 20.6. The number of para-hydroxylation sites is 1. The van der Waals surface area contributed by atoms with Gasteiger partial charge in [0, 0.05) is 23.4 Å². The Labute approximate surface area is 128 Å². The van der Waals surface area contributed by atoms with Crippen LogP contribution in [0.25, 0.3) is 11.0 Å². The number of aliphatic carboxylic acids is 1. The van der Waals surface area contributed by atoms with Crippen molar-refractivity contribution >= 4 is 22.8 Å². The monoisotopic (exact) mass is 301 g/mol. The predicted octanol–water partition coefficient (Wildman–Crippen LogP) is 2.65. The minimum Gasteiger partial charge on any atom is -0.481 e. The smallest absolute Gasteiger partial charge is 0.303 e. The number of nitrogens with one attached hydrogen (secondary N) is 1.